The number of anilines is 1. The molecule has 0 aliphatic carbocycles. The number of ether oxygens (including phenoxy) is 1. The van der Waals surface area contributed by atoms with E-state index in [1.165, 1.54) is 36.0 Å². The van der Waals surface area contributed by atoms with Gasteiger partial charge in [0.2, 0.25) is 11.8 Å². The van der Waals surface area contributed by atoms with Crippen molar-refractivity contribution in [1.29, 1.82) is 0 Å². The fourth-order valence-electron chi connectivity index (χ4n) is 3.44. The first kappa shape index (κ1) is 23.5. The van der Waals surface area contributed by atoms with Gasteiger partial charge in [0.25, 0.3) is 5.91 Å². The Hall–Kier alpha value is -3.67. The van der Waals surface area contributed by atoms with E-state index in [1.54, 1.807) is 13.0 Å². The first-order chi connectivity index (χ1) is 16.1. The molecule has 1 atom stereocenters. The molecule has 3 aromatic rings. The molecular weight excluding hydrogens is 479 g/mol. The summed E-state index contributed by atoms with van der Waals surface area (Å²) in [6, 6.07) is 2.43. The molecule has 9 nitrogen and oxygen atoms in total. The molecule has 0 saturated carbocycles. The first-order valence-corrected chi connectivity index (χ1v) is 10.3. The summed E-state index contributed by atoms with van der Waals surface area (Å²) in [4.78, 5) is 38.7. The Balaban J connectivity index is 1.49. The predicted molar refractivity (Wildman–Crippen MR) is 112 cm³/mol. The minimum atomic E-state index is -4.53. The molecule has 13 heteroatoms. The number of amides is 2. The fraction of sp³-hybridized carbons (Fsp3) is 0.286. The SMILES string of the molecule is CC(c1cnc(OCC(F)(F)F)c(Cl)c1)N1Cc2c(ccnc2NC(=O)Cc2cnco2)C1=O. The van der Waals surface area contributed by atoms with Gasteiger partial charge in [0.15, 0.2) is 13.0 Å². The van der Waals surface area contributed by atoms with Gasteiger partial charge in [0, 0.05) is 23.5 Å². The maximum atomic E-state index is 13.0. The number of nitrogens with one attached hydrogen (secondary N) is 1. The van der Waals surface area contributed by atoms with Gasteiger partial charge in [-0.15, -0.1) is 0 Å². The number of fused-ring (bicyclic) bond motifs is 1. The smallest absolute Gasteiger partial charge is 0.422 e. The minimum absolute atomic E-state index is 0.0493. The molecule has 4 heterocycles. The molecule has 2 amide bonds. The quantitative estimate of drug-likeness (QED) is 0.528. The lowest BCUT2D eigenvalue weighted by atomic mass is 10.1. The number of carbonyl (C=O) groups excluding carboxylic acids is 2. The lowest BCUT2D eigenvalue weighted by Gasteiger charge is -2.25. The summed E-state index contributed by atoms with van der Waals surface area (Å²) in [6.45, 7) is 0.348. The van der Waals surface area contributed by atoms with Crippen molar-refractivity contribution < 1.29 is 31.9 Å². The standard InChI is InChI=1S/C21H17ClF3N5O4/c1-11(12-4-16(22)19(28-6-12)33-9-21(23,24)25)30-8-15-14(20(30)32)2-3-27-18(15)29-17(31)5-13-7-26-10-34-13/h2-4,6-7,10-11H,5,8-9H2,1H3,(H,27,29,31). The lowest BCUT2D eigenvalue weighted by Crippen LogP contribution is -2.27. The third kappa shape index (κ3) is 5.11. The van der Waals surface area contributed by atoms with Crippen LogP contribution in [0.1, 0.15) is 40.2 Å². The number of oxazole rings is 1. The molecule has 0 bridgehead atoms. The van der Waals surface area contributed by atoms with Crippen molar-refractivity contribution in [3.8, 4) is 5.88 Å². The Morgan fingerprint density at radius 1 is 1.35 bits per heavy atom. The van der Waals surface area contributed by atoms with Crippen molar-refractivity contribution >= 4 is 29.2 Å². The fourth-order valence-corrected chi connectivity index (χ4v) is 3.67. The second-order valence-corrected chi connectivity index (χ2v) is 7.85. The molecule has 4 rings (SSSR count). The van der Waals surface area contributed by atoms with Crippen LogP contribution in [0.3, 0.4) is 0 Å². The molecule has 0 radical (unpaired) electrons. The van der Waals surface area contributed by atoms with Crippen molar-refractivity contribution in [3.63, 3.8) is 0 Å². The second-order valence-electron chi connectivity index (χ2n) is 7.45. The summed E-state index contributed by atoms with van der Waals surface area (Å²) in [5.74, 6) is -0.418. The largest absolute Gasteiger partial charge is 0.467 e. The molecule has 178 valence electrons. The van der Waals surface area contributed by atoms with Crippen LogP contribution in [0.25, 0.3) is 0 Å². The third-order valence-corrected chi connectivity index (χ3v) is 5.37. The highest BCUT2D eigenvalue weighted by Crippen LogP contribution is 2.35. The van der Waals surface area contributed by atoms with Crippen molar-refractivity contribution in [2.45, 2.75) is 32.1 Å². The summed E-state index contributed by atoms with van der Waals surface area (Å²) < 4.78 is 46.8. The highest BCUT2D eigenvalue weighted by atomic mass is 35.5. The monoisotopic (exact) mass is 495 g/mol. The maximum absolute atomic E-state index is 13.0. The van der Waals surface area contributed by atoms with Crippen LogP contribution < -0.4 is 10.1 Å². The van der Waals surface area contributed by atoms with Crippen LogP contribution >= 0.6 is 11.6 Å². The van der Waals surface area contributed by atoms with Gasteiger partial charge in [0.05, 0.1) is 25.2 Å². The van der Waals surface area contributed by atoms with Crippen LogP contribution in [0.2, 0.25) is 5.02 Å². The van der Waals surface area contributed by atoms with Crippen LogP contribution in [-0.4, -0.2) is 44.4 Å². The predicted octanol–water partition coefficient (Wildman–Crippen LogP) is 3.96. The number of aromatic nitrogens is 3. The molecule has 0 aromatic carbocycles. The number of nitrogens with zero attached hydrogens (tertiary/aromatic N) is 4. The van der Waals surface area contributed by atoms with E-state index in [1.807, 2.05) is 0 Å². The van der Waals surface area contributed by atoms with Crippen LogP contribution in [0.4, 0.5) is 19.0 Å². The Morgan fingerprint density at radius 2 is 2.15 bits per heavy atom. The number of pyridine rings is 2. The van der Waals surface area contributed by atoms with Crippen molar-refractivity contribution in [1.82, 2.24) is 19.9 Å². The maximum Gasteiger partial charge on any atom is 0.422 e. The van der Waals surface area contributed by atoms with Gasteiger partial charge >= 0.3 is 6.18 Å². The summed E-state index contributed by atoms with van der Waals surface area (Å²) in [7, 11) is 0. The van der Waals surface area contributed by atoms with Crippen molar-refractivity contribution in [2.75, 3.05) is 11.9 Å². The zero-order chi connectivity index (χ0) is 24.5. The van der Waals surface area contributed by atoms with Gasteiger partial charge in [-0.25, -0.2) is 15.0 Å². The van der Waals surface area contributed by atoms with E-state index in [4.69, 9.17) is 16.0 Å². The van der Waals surface area contributed by atoms with Gasteiger partial charge < -0.3 is 19.4 Å². The zero-order valence-electron chi connectivity index (χ0n) is 17.6. The first-order valence-electron chi connectivity index (χ1n) is 9.93. The zero-order valence-corrected chi connectivity index (χ0v) is 18.4. The van der Waals surface area contributed by atoms with E-state index in [2.05, 4.69) is 25.0 Å². The number of carbonyl (C=O) groups is 2. The number of halogens is 4. The van der Waals surface area contributed by atoms with Crippen LogP contribution in [-0.2, 0) is 17.8 Å². The Kier molecular flexibility index (Phi) is 6.42. The van der Waals surface area contributed by atoms with E-state index in [-0.39, 0.29) is 41.5 Å². The van der Waals surface area contributed by atoms with Crippen LogP contribution in [0.5, 0.6) is 5.88 Å². The van der Waals surface area contributed by atoms with Crippen LogP contribution in [0, 0.1) is 0 Å². The molecule has 34 heavy (non-hydrogen) atoms. The highest BCUT2D eigenvalue weighted by molar-refractivity contribution is 6.31. The normalized spacial score (nSPS) is 14.1. The highest BCUT2D eigenvalue weighted by Gasteiger charge is 2.34. The summed E-state index contributed by atoms with van der Waals surface area (Å²) >= 11 is 6.05. The lowest BCUT2D eigenvalue weighted by molar-refractivity contribution is -0.154. The van der Waals surface area contributed by atoms with Gasteiger partial charge in [-0.2, -0.15) is 13.2 Å². The molecule has 1 aliphatic rings. The Bertz CT molecular complexity index is 1220. The molecular formula is C21H17ClF3N5O4. The van der Waals surface area contributed by atoms with Gasteiger partial charge in [-0.3, -0.25) is 9.59 Å². The summed E-state index contributed by atoms with van der Waals surface area (Å²) in [5, 5.41) is 2.57. The molecule has 1 unspecified atom stereocenters. The van der Waals surface area contributed by atoms with Gasteiger partial charge in [0.1, 0.15) is 16.6 Å². The number of hydrogen-bond donors (Lipinski definition) is 1. The summed E-state index contributed by atoms with van der Waals surface area (Å²) in [5.41, 5.74) is 1.41. The van der Waals surface area contributed by atoms with Crippen molar-refractivity contribution in [2.24, 2.45) is 0 Å². The van der Waals surface area contributed by atoms with Gasteiger partial charge in [-0.05, 0) is 24.6 Å². The number of rotatable bonds is 7. The average molecular weight is 496 g/mol. The third-order valence-electron chi connectivity index (χ3n) is 5.10. The molecule has 0 saturated heterocycles. The van der Waals surface area contributed by atoms with Crippen LogP contribution in [0.15, 0.2) is 41.5 Å². The van der Waals surface area contributed by atoms with Crippen molar-refractivity contribution in [3.05, 3.63) is 64.6 Å². The Morgan fingerprint density at radius 3 is 2.82 bits per heavy atom. The van der Waals surface area contributed by atoms with E-state index in [0.717, 1.165) is 0 Å². The minimum Gasteiger partial charge on any atom is -0.467 e. The molecule has 1 aliphatic heterocycles. The van der Waals surface area contributed by atoms with E-state index < -0.39 is 18.8 Å². The van der Waals surface area contributed by atoms with E-state index in [9.17, 15) is 22.8 Å². The number of alkyl halides is 3. The molecule has 1 N–H and O–H groups in total. The average Bonchev–Trinajstić information content (AvgIpc) is 3.40. The molecule has 0 fully saturated rings. The Labute approximate surface area is 195 Å². The van der Waals surface area contributed by atoms with E-state index in [0.29, 0.717) is 22.5 Å². The van der Waals surface area contributed by atoms with Gasteiger partial charge in [-0.1, -0.05) is 11.6 Å². The summed E-state index contributed by atoms with van der Waals surface area (Å²) in [6.07, 6.45) is 0.785. The van der Waals surface area contributed by atoms with E-state index >= 15 is 0 Å². The number of hydrogen-bond acceptors (Lipinski definition) is 7. The topological polar surface area (TPSA) is 110 Å². The molecule has 0 spiro atoms. The molecule has 3 aromatic heterocycles. The second kappa shape index (κ2) is 9.29.